The standard InChI is InChI=1S/C21H17ClN4O2/c1-14(25-26-21(28)19-7-2-3-12-23-19)16-5-4-6-18(13-16)24-20(27)15-8-10-17(22)11-9-15/h2-13H,1H3,(H,24,27)(H,26,28). The number of hydrogen-bond acceptors (Lipinski definition) is 4. The summed E-state index contributed by atoms with van der Waals surface area (Å²) in [4.78, 5) is 28.3. The Morgan fingerprint density at radius 1 is 0.929 bits per heavy atom. The van der Waals surface area contributed by atoms with Gasteiger partial charge in [-0.05, 0) is 61.0 Å². The monoisotopic (exact) mass is 392 g/mol. The zero-order valence-electron chi connectivity index (χ0n) is 15.0. The summed E-state index contributed by atoms with van der Waals surface area (Å²) in [5, 5.41) is 7.51. The second-order valence-electron chi connectivity index (χ2n) is 5.89. The van der Waals surface area contributed by atoms with Crippen LogP contribution in [0, 0.1) is 0 Å². The van der Waals surface area contributed by atoms with Gasteiger partial charge in [-0.3, -0.25) is 14.6 Å². The number of carbonyl (C=O) groups is 2. The maximum absolute atomic E-state index is 12.3. The third kappa shape index (κ3) is 5.02. The van der Waals surface area contributed by atoms with Crippen molar-refractivity contribution in [2.45, 2.75) is 6.92 Å². The second kappa shape index (κ2) is 8.92. The van der Waals surface area contributed by atoms with Crippen molar-refractivity contribution in [1.82, 2.24) is 10.4 Å². The molecule has 0 radical (unpaired) electrons. The minimum Gasteiger partial charge on any atom is -0.322 e. The van der Waals surface area contributed by atoms with Crippen LogP contribution in [-0.2, 0) is 0 Å². The normalized spacial score (nSPS) is 11.0. The maximum Gasteiger partial charge on any atom is 0.289 e. The molecule has 140 valence electrons. The Hall–Kier alpha value is -3.51. The van der Waals surface area contributed by atoms with Crippen molar-refractivity contribution in [2.24, 2.45) is 5.10 Å². The molecule has 0 fully saturated rings. The Bertz CT molecular complexity index is 1020. The fraction of sp³-hybridized carbons (Fsp3) is 0.0476. The number of aromatic nitrogens is 1. The van der Waals surface area contributed by atoms with Gasteiger partial charge in [-0.2, -0.15) is 5.10 Å². The lowest BCUT2D eigenvalue weighted by Gasteiger charge is -2.08. The van der Waals surface area contributed by atoms with E-state index in [9.17, 15) is 9.59 Å². The van der Waals surface area contributed by atoms with Crippen LogP contribution < -0.4 is 10.7 Å². The van der Waals surface area contributed by atoms with Crippen LogP contribution in [0.15, 0.2) is 78.0 Å². The molecule has 0 aliphatic heterocycles. The Balaban J connectivity index is 1.69. The SMILES string of the molecule is CC(=NNC(=O)c1ccccn1)c1cccc(NC(=O)c2ccc(Cl)cc2)c1. The molecule has 0 spiro atoms. The van der Waals surface area contributed by atoms with Gasteiger partial charge in [-0.1, -0.05) is 29.8 Å². The highest BCUT2D eigenvalue weighted by atomic mass is 35.5. The molecule has 7 heteroatoms. The van der Waals surface area contributed by atoms with E-state index in [-0.39, 0.29) is 11.6 Å². The van der Waals surface area contributed by atoms with Crippen LogP contribution >= 0.6 is 11.6 Å². The van der Waals surface area contributed by atoms with Gasteiger partial charge >= 0.3 is 0 Å². The van der Waals surface area contributed by atoms with Gasteiger partial charge < -0.3 is 5.32 Å². The molecule has 1 heterocycles. The quantitative estimate of drug-likeness (QED) is 0.505. The molecule has 1 aromatic heterocycles. The molecule has 6 nitrogen and oxygen atoms in total. The smallest absolute Gasteiger partial charge is 0.289 e. The molecule has 28 heavy (non-hydrogen) atoms. The average Bonchev–Trinajstić information content (AvgIpc) is 2.73. The van der Waals surface area contributed by atoms with Gasteiger partial charge in [0, 0.05) is 22.5 Å². The lowest BCUT2D eigenvalue weighted by molar-refractivity contribution is 0.0949. The van der Waals surface area contributed by atoms with Crippen molar-refractivity contribution in [3.63, 3.8) is 0 Å². The third-order valence-electron chi connectivity index (χ3n) is 3.87. The summed E-state index contributed by atoms with van der Waals surface area (Å²) >= 11 is 5.84. The molecular weight excluding hydrogens is 376 g/mol. The highest BCUT2D eigenvalue weighted by Crippen LogP contribution is 2.15. The zero-order chi connectivity index (χ0) is 19.9. The summed E-state index contributed by atoms with van der Waals surface area (Å²) in [5.41, 5.74) is 5.22. The van der Waals surface area contributed by atoms with Crippen LogP contribution in [0.4, 0.5) is 5.69 Å². The number of hydrogen-bond donors (Lipinski definition) is 2. The van der Waals surface area contributed by atoms with E-state index in [1.54, 1.807) is 73.8 Å². The minimum atomic E-state index is -0.396. The lowest BCUT2D eigenvalue weighted by atomic mass is 10.1. The first kappa shape index (κ1) is 19.3. The highest BCUT2D eigenvalue weighted by molar-refractivity contribution is 6.30. The largest absolute Gasteiger partial charge is 0.322 e. The van der Waals surface area contributed by atoms with Gasteiger partial charge in [-0.25, -0.2) is 5.43 Å². The van der Waals surface area contributed by atoms with E-state index in [4.69, 9.17) is 11.6 Å². The van der Waals surface area contributed by atoms with Crippen LogP contribution in [-0.4, -0.2) is 22.5 Å². The summed E-state index contributed by atoms with van der Waals surface area (Å²) < 4.78 is 0. The molecule has 2 N–H and O–H groups in total. The molecular formula is C21H17ClN4O2. The Morgan fingerprint density at radius 3 is 2.43 bits per heavy atom. The topological polar surface area (TPSA) is 83.4 Å². The number of carbonyl (C=O) groups excluding carboxylic acids is 2. The molecule has 0 saturated heterocycles. The molecule has 2 aromatic carbocycles. The number of hydrazone groups is 1. The lowest BCUT2D eigenvalue weighted by Crippen LogP contribution is -2.20. The second-order valence-corrected chi connectivity index (χ2v) is 6.33. The van der Waals surface area contributed by atoms with Crippen LogP contribution in [0.2, 0.25) is 5.02 Å². The Kier molecular flexibility index (Phi) is 6.14. The molecule has 0 atom stereocenters. The average molecular weight is 393 g/mol. The van der Waals surface area contributed by atoms with Crippen LogP contribution in [0.5, 0.6) is 0 Å². The van der Waals surface area contributed by atoms with Gasteiger partial charge in [0.1, 0.15) is 5.69 Å². The molecule has 0 saturated carbocycles. The maximum atomic E-state index is 12.3. The van der Waals surface area contributed by atoms with Crippen molar-refractivity contribution in [2.75, 3.05) is 5.32 Å². The van der Waals surface area contributed by atoms with Crippen molar-refractivity contribution < 1.29 is 9.59 Å². The fourth-order valence-electron chi connectivity index (χ4n) is 2.38. The first-order chi connectivity index (χ1) is 13.5. The Labute approximate surface area is 167 Å². The zero-order valence-corrected chi connectivity index (χ0v) is 15.8. The predicted molar refractivity (Wildman–Crippen MR) is 110 cm³/mol. The third-order valence-corrected chi connectivity index (χ3v) is 4.12. The number of nitrogens with one attached hydrogen (secondary N) is 2. The number of benzene rings is 2. The number of halogens is 1. The first-order valence-corrected chi connectivity index (χ1v) is 8.84. The molecule has 0 unspecified atom stereocenters. The summed E-state index contributed by atoms with van der Waals surface area (Å²) in [6, 6.07) is 18.9. The summed E-state index contributed by atoms with van der Waals surface area (Å²) in [7, 11) is 0. The molecule has 0 aliphatic rings. The van der Waals surface area contributed by atoms with Gasteiger partial charge in [0.2, 0.25) is 0 Å². The van der Waals surface area contributed by atoms with Gasteiger partial charge in [-0.15, -0.1) is 0 Å². The van der Waals surface area contributed by atoms with E-state index >= 15 is 0 Å². The predicted octanol–water partition coefficient (Wildman–Crippen LogP) is 4.14. The number of nitrogens with zero attached hydrogens (tertiary/aromatic N) is 2. The fourth-order valence-corrected chi connectivity index (χ4v) is 2.51. The van der Waals surface area contributed by atoms with E-state index in [1.807, 2.05) is 6.07 Å². The van der Waals surface area contributed by atoms with E-state index in [0.29, 0.717) is 22.0 Å². The van der Waals surface area contributed by atoms with Gasteiger partial charge in [0.15, 0.2) is 0 Å². The van der Waals surface area contributed by atoms with Crippen molar-refractivity contribution in [3.05, 3.63) is 94.8 Å². The van der Waals surface area contributed by atoms with E-state index < -0.39 is 5.91 Å². The van der Waals surface area contributed by atoms with Crippen molar-refractivity contribution in [3.8, 4) is 0 Å². The first-order valence-electron chi connectivity index (χ1n) is 8.46. The van der Waals surface area contributed by atoms with E-state index in [2.05, 4.69) is 20.8 Å². The van der Waals surface area contributed by atoms with Crippen LogP contribution in [0.3, 0.4) is 0 Å². The highest BCUT2D eigenvalue weighted by Gasteiger charge is 2.08. The van der Waals surface area contributed by atoms with E-state index in [1.165, 1.54) is 0 Å². The van der Waals surface area contributed by atoms with Gasteiger partial charge in [0.05, 0.1) is 5.71 Å². The Morgan fingerprint density at radius 2 is 1.71 bits per heavy atom. The molecule has 2 amide bonds. The molecule has 0 bridgehead atoms. The number of rotatable bonds is 5. The number of amides is 2. The van der Waals surface area contributed by atoms with E-state index in [0.717, 1.165) is 5.56 Å². The van der Waals surface area contributed by atoms with Crippen LogP contribution in [0.25, 0.3) is 0 Å². The molecule has 0 aliphatic carbocycles. The molecule has 3 rings (SSSR count). The summed E-state index contributed by atoms with van der Waals surface area (Å²) in [5.74, 6) is -0.640. The van der Waals surface area contributed by atoms with Crippen molar-refractivity contribution in [1.29, 1.82) is 0 Å². The number of pyridine rings is 1. The van der Waals surface area contributed by atoms with Crippen LogP contribution in [0.1, 0.15) is 33.3 Å². The number of anilines is 1. The summed E-state index contributed by atoms with van der Waals surface area (Å²) in [6.07, 6.45) is 1.54. The van der Waals surface area contributed by atoms with Crippen molar-refractivity contribution >= 4 is 34.8 Å². The summed E-state index contributed by atoms with van der Waals surface area (Å²) in [6.45, 7) is 1.76. The minimum absolute atomic E-state index is 0.244. The van der Waals surface area contributed by atoms with Gasteiger partial charge in [0.25, 0.3) is 11.8 Å². The molecule has 3 aromatic rings.